The topological polar surface area (TPSA) is 86.9 Å². The van der Waals surface area contributed by atoms with Gasteiger partial charge < -0.3 is 10.0 Å². The van der Waals surface area contributed by atoms with Gasteiger partial charge in [0.2, 0.25) is 5.91 Å². The van der Waals surface area contributed by atoms with Crippen molar-refractivity contribution in [3.8, 4) is 0 Å². The van der Waals surface area contributed by atoms with Crippen LogP contribution in [-0.2, 0) is 11.2 Å². The number of nitro groups is 1. The summed E-state index contributed by atoms with van der Waals surface area (Å²) in [6.45, 7) is 4.19. The van der Waals surface area contributed by atoms with Gasteiger partial charge in [0.1, 0.15) is 0 Å². The predicted molar refractivity (Wildman–Crippen MR) is 85.4 cm³/mol. The number of rotatable bonds is 3. The van der Waals surface area contributed by atoms with E-state index in [1.807, 2.05) is 11.8 Å². The maximum atomic E-state index is 12.6. The molecule has 0 saturated carbocycles. The highest BCUT2D eigenvalue weighted by molar-refractivity contribution is 5.97. The van der Waals surface area contributed by atoms with E-state index in [-0.39, 0.29) is 30.2 Å². The number of anilines is 1. The molecular weight excluding hydrogens is 298 g/mol. The summed E-state index contributed by atoms with van der Waals surface area (Å²) in [5.41, 5.74) is 1.68. The number of benzene rings is 1. The molecule has 3 rings (SSSR count). The zero-order valence-corrected chi connectivity index (χ0v) is 13.1. The Balaban J connectivity index is 1.67. The minimum atomic E-state index is -0.416. The van der Waals surface area contributed by atoms with Crippen LogP contribution >= 0.6 is 0 Å². The van der Waals surface area contributed by atoms with Crippen molar-refractivity contribution >= 4 is 17.3 Å². The van der Waals surface area contributed by atoms with Crippen LogP contribution < -0.4 is 4.90 Å². The summed E-state index contributed by atoms with van der Waals surface area (Å²) < 4.78 is 0. The van der Waals surface area contributed by atoms with Gasteiger partial charge in [-0.05, 0) is 36.9 Å². The molecule has 7 heteroatoms. The van der Waals surface area contributed by atoms with E-state index in [0.717, 1.165) is 24.2 Å². The number of piperidine rings is 1. The first-order valence-electron chi connectivity index (χ1n) is 7.94. The Morgan fingerprint density at radius 1 is 1.43 bits per heavy atom. The molecule has 2 atom stereocenters. The van der Waals surface area contributed by atoms with E-state index in [2.05, 4.69) is 0 Å². The van der Waals surface area contributed by atoms with E-state index < -0.39 is 4.92 Å². The third kappa shape index (κ3) is 3.20. The number of carbonyl (C=O) groups excluding carboxylic acids is 1. The van der Waals surface area contributed by atoms with Crippen LogP contribution in [0.1, 0.15) is 18.9 Å². The third-order valence-electron chi connectivity index (χ3n) is 4.83. The van der Waals surface area contributed by atoms with Crippen LogP contribution in [0.2, 0.25) is 0 Å². The van der Waals surface area contributed by atoms with Crippen LogP contribution in [0.15, 0.2) is 18.2 Å². The summed E-state index contributed by atoms with van der Waals surface area (Å²) in [5, 5.41) is 20.8. The Hall–Kier alpha value is -1.99. The number of nitro benzene ring substituents is 1. The summed E-state index contributed by atoms with van der Waals surface area (Å²) in [6, 6.07) is 4.65. The predicted octanol–water partition coefficient (Wildman–Crippen LogP) is 1.19. The summed E-state index contributed by atoms with van der Waals surface area (Å²) in [7, 11) is 0. The van der Waals surface area contributed by atoms with Crippen molar-refractivity contribution in [3.63, 3.8) is 0 Å². The zero-order chi connectivity index (χ0) is 16.6. The molecule has 0 aromatic heterocycles. The number of likely N-dealkylation sites (tertiary alicyclic amines) is 1. The van der Waals surface area contributed by atoms with Gasteiger partial charge >= 0.3 is 0 Å². The van der Waals surface area contributed by atoms with Crippen molar-refractivity contribution < 1.29 is 14.8 Å². The van der Waals surface area contributed by atoms with Crippen molar-refractivity contribution in [1.29, 1.82) is 0 Å². The quantitative estimate of drug-likeness (QED) is 0.668. The average molecular weight is 319 g/mol. The van der Waals surface area contributed by atoms with Gasteiger partial charge in [-0.1, -0.05) is 6.92 Å². The molecule has 0 aliphatic carbocycles. The van der Waals surface area contributed by atoms with Gasteiger partial charge in [0.05, 0.1) is 17.6 Å². The SMILES string of the molecule is CC1CCN(CC(=O)N2CCc3cc([N+](=O)[O-])ccc32)CC1O. The van der Waals surface area contributed by atoms with Crippen LogP contribution in [0.25, 0.3) is 0 Å². The highest BCUT2D eigenvalue weighted by Gasteiger charge is 2.30. The number of aliphatic hydroxyl groups is 1. The second-order valence-corrected chi connectivity index (χ2v) is 6.43. The minimum absolute atomic E-state index is 0.0145. The van der Waals surface area contributed by atoms with E-state index in [1.54, 1.807) is 17.0 Å². The smallest absolute Gasteiger partial charge is 0.269 e. The Morgan fingerprint density at radius 2 is 2.22 bits per heavy atom. The van der Waals surface area contributed by atoms with E-state index in [0.29, 0.717) is 19.5 Å². The Kier molecular flexibility index (Phi) is 4.32. The molecule has 1 fully saturated rings. The fourth-order valence-corrected chi connectivity index (χ4v) is 3.30. The minimum Gasteiger partial charge on any atom is -0.392 e. The van der Waals surface area contributed by atoms with Gasteiger partial charge in [-0.2, -0.15) is 0 Å². The molecule has 1 aromatic rings. The summed E-state index contributed by atoms with van der Waals surface area (Å²) in [4.78, 5) is 26.6. The van der Waals surface area contributed by atoms with Crippen LogP contribution in [0, 0.1) is 16.0 Å². The number of fused-ring (bicyclic) bond motifs is 1. The van der Waals surface area contributed by atoms with Gasteiger partial charge in [0, 0.05) is 30.9 Å². The van der Waals surface area contributed by atoms with E-state index >= 15 is 0 Å². The number of carbonyl (C=O) groups is 1. The molecule has 1 N–H and O–H groups in total. The first-order valence-corrected chi connectivity index (χ1v) is 7.94. The molecule has 124 valence electrons. The van der Waals surface area contributed by atoms with Crippen molar-refractivity contribution in [2.75, 3.05) is 31.1 Å². The summed E-state index contributed by atoms with van der Waals surface area (Å²) >= 11 is 0. The third-order valence-corrected chi connectivity index (χ3v) is 4.83. The number of amides is 1. The first-order chi connectivity index (χ1) is 11.0. The van der Waals surface area contributed by atoms with Gasteiger partial charge in [-0.25, -0.2) is 0 Å². The second-order valence-electron chi connectivity index (χ2n) is 6.43. The Morgan fingerprint density at radius 3 is 2.91 bits per heavy atom. The molecule has 2 heterocycles. The Bertz CT molecular complexity index is 634. The van der Waals surface area contributed by atoms with Crippen LogP contribution in [0.5, 0.6) is 0 Å². The molecule has 2 unspecified atom stereocenters. The number of aliphatic hydroxyl groups excluding tert-OH is 1. The van der Waals surface area contributed by atoms with Gasteiger partial charge in [0.25, 0.3) is 5.69 Å². The largest absolute Gasteiger partial charge is 0.392 e. The molecule has 1 amide bonds. The molecule has 2 aliphatic heterocycles. The molecule has 2 aliphatic rings. The van der Waals surface area contributed by atoms with Crippen molar-refractivity contribution in [1.82, 2.24) is 4.90 Å². The molecule has 1 saturated heterocycles. The van der Waals surface area contributed by atoms with Gasteiger partial charge in [0.15, 0.2) is 0 Å². The van der Waals surface area contributed by atoms with Crippen molar-refractivity contribution in [3.05, 3.63) is 33.9 Å². The van der Waals surface area contributed by atoms with Gasteiger partial charge in [-0.15, -0.1) is 0 Å². The normalized spacial score (nSPS) is 24.5. The van der Waals surface area contributed by atoms with E-state index in [4.69, 9.17) is 0 Å². The van der Waals surface area contributed by atoms with Crippen LogP contribution in [0.3, 0.4) is 0 Å². The van der Waals surface area contributed by atoms with Crippen molar-refractivity contribution in [2.45, 2.75) is 25.9 Å². The first kappa shape index (κ1) is 15.9. The maximum absolute atomic E-state index is 12.6. The Labute approximate surface area is 134 Å². The zero-order valence-electron chi connectivity index (χ0n) is 13.1. The molecule has 0 radical (unpaired) electrons. The summed E-state index contributed by atoms with van der Waals surface area (Å²) in [5.74, 6) is 0.258. The molecule has 1 aromatic carbocycles. The molecular formula is C16H21N3O4. The number of nitrogens with zero attached hydrogens (tertiary/aromatic N) is 3. The second kappa shape index (κ2) is 6.25. The number of hydrogen-bond acceptors (Lipinski definition) is 5. The number of β-amino-alcohol motifs (C(OH)–C–C–N with tert-alkyl or cyclic N) is 1. The van der Waals surface area contributed by atoms with Gasteiger partial charge in [-0.3, -0.25) is 19.8 Å². The van der Waals surface area contributed by atoms with Crippen LogP contribution in [0.4, 0.5) is 11.4 Å². The van der Waals surface area contributed by atoms with E-state index in [9.17, 15) is 20.0 Å². The lowest BCUT2D eigenvalue weighted by Gasteiger charge is -2.34. The number of non-ortho nitro benzene ring substituents is 1. The molecule has 23 heavy (non-hydrogen) atoms. The standard InChI is InChI=1S/C16H21N3O4/c1-11-4-6-17(9-15(11)20)10-16(21)18-7-5-12-8-13(19(22)23)2-3-14(12)18/h2-3,8,11,15,20H,4-7,9-10H2,1H3. The fraction of sp³-hybridized carbons (Fsp3) is 0.562. The highest BCUT2D eigenvalue weighted by Crippen LogP contribution is 2.31. The lowest BCUT2D eigenvalue weighted by molar-refractivity contribution is -0.384. The average Bonchev–Trinajstić information content (AvgIpc) is 2.94. The summed E-state index contributed by atoms with van der Waals surface area (Å²) in [6.07, 6.45) is 1.14. The molecule has 7 nitrogen and oxygen atoms in total. The van der Waals surface area contributed by atoms with E-state index in [1.165, 1.54) is 6.07 Å². The molecule has 0 spiro atoms. The monoisotopic (exact) mass is 319 g/mol. The number of hydrogen-bond donors (Lipinski definition) is 1. The molecule has 0 bridgehead atoms. The maximum Gasteiger partial charge on any atom is 0.269 e. The van der Waals surface area contributed by atoms with Crippen molar-refractivity contribution in [2.24, 2.45) is 5.92 Å². The lowest BCUT2D eigenvalue weighted by Crippen LogP contribution is -2.47. The fourth-order valence-electron chi connectivity index (χ4n) is 3.30. The highest BCUT2D eigenvalue weighted by atomic mass is 16.6. The lowest BCUT2D eigenvalue weighted by atomic mass is 9.96. The van der Waals surface area contributed by atoms with Crippen LogP contribution in [-0.4, -0.2) is 53.1 Å².